The summed E-state index contributed by atoms with van der Waals surface area (Å²) in [6, 6.07) is 11.2. The molecule has 168 valence electrons. The third kappa shape index (κ3) is 5.20. The van der Waals surface area contributed by atoms with E-state index in [1.54, 1.807) is 36.4 Å². The Hall–Kier alpha value is -3.95. The third-order valence-corrected chi connectivity index (χ3v) is 4.44. The zero-order valence-corrected chi connectivity index (χ0v) is 17.3. The summed E-state index contributed by atoms with van der Waals surface area (Å²) in [5.41, 5.74) is 6.27. The summed E-state index contributed by atoms with van der Waals surface area (Å²) in [7, 11) is 1.42. The van der Waals surface area contributed by atoms with Gasteiger partial charge in [0.25, 0.3) is 5.91 Å². The number of halogens is 2. The highest BCUT2D eigenvalue weighted by atomic mass is 19.3. The van der Waals surface area contributed by atoms with Crippen LogP contribution in [0.3, 0.4) is 0 Å². The van der Waals surface area contributed by atoms with E-state index in [0.717, 1.165) is 10.6 Å². The Morgan fingerprint density at radius 1 is 1.19 bits per heavy atom. The van der Waals surface area contributed by atoms with Gasteiger partial charge in [-0.25, -0.2) is 9.78 Å². The quantitative estimate of drug-likeness (QED) is 0.398. The van der Waals surface area contributed by atoms with Crippen molar-refractivity contribution >= 4 is 29.0 Å². The first kappa shape index (κ1) is 22.7. The van der Waals surface area contributed by atoms with Crippen LogP contribution in [0.15, 0.2) is 48.5 Å². The van der Waals surface area contributed by atoms with Gasteiger partial charge in [0, 0.05) is 6.08 Å². The molecule has 0 aliphatic rings. The summed E-state index contributed by atoms with van der Waals surface area (Å²) in [6.07, 6.45) is 1.61. The van der Waals surface area contributed by atoms with Crippen molar-refractivity contribution in [3.63, 3.8) is 0 Å². The number of nitrogens with zero attached hydrogens (tertiary/aromatic N) is 2. The van der Waals surface area contributed by atoms with E-state index in [1.807, 2.05) is 0 Å². The van der Waals surface area contributed by atoms with Gasteiger partial charge in [0.2, 0.25) is 0 Å². The largest absolute Gasteiger partial charge is 0.493 e. The number of carbonyl (C=O) groups is 2. The first-order valence-electron chi connectivity index (χ1n) is 9.53. The molecular formula is C22H21F2N3O5. The zero-order valence-electron chi connectivity index (χ0n) is 17.3. The number of primary amides is 1. The molecule has 0 aliphatic carbocycles. The molecule has 8 nitrogen and oxygen atoms in total. The SMILES string of the molecule is COc1cc(/C=C/C(=O)OC(C)c2nc3ccccc3n2C(F)F)ccc1OCC(N)=O. The lowest BCUT2D eigenvalue weighted by Gasteiger charge is -2.14. The monoisotopic (exact) mass is 445 g/mol. The molecule has 0 saturated carbocycles. The minimum Gasteiger partial charge on any atom is -0.493 e. The fourth-order valence-corrected chi connectivity index (χ4v) is 3.04. The van der Waals surface area contributed by atoms with Crippen molar-refractivity contribution in [1.82, 2.24) is 9.55 Å². The van der Waals surface area contributed by atoms with Crippen LogP contribution in [0, 0.1) is 0 Å². The number of hydrogen-bond acceptors (Lipinski definition) is 6. The van der Waals surface area contributed by atoms with Crippen LogP contribution in [0.5, 0.6) is 11.5 Å². The molecule has 0 aliphatic heterocycles. The van der Waals surface area contributed by atoms with Gasteiger partial charge in [-0.2, -0.15) is 8.78 Å². The number of esters is 1. The molecule has 10 heteroatoms. The van der Waals surface area contributed by atoms with Gasteiger partial charge >= 0.3 is 12.5 Å². The second-order valence-corrected chi connectivity index (χ2v) is 6.68. The Morgan fingerprint density at radius 2 is 1.94 bits per heavy atom. The number of para-hydroxylation sites is 2. The summed E-state index contributed by atoms with van der Waals surface area (Å²) < 4.78 is 43.6. The number of carbonyl (C=O) groups excluding carboxylic acids is 2. The van der Waals surface area contributed by atoms with Gasteiger partial charge in [0.1, 0.15) is 0 Å². The van der Waals surface area contributed by atoms with Crippen molar-refractivity contribution in [2.45, 2.75) is 19.6 Å². The van der Waals surface area contributed by atoms with Gasteiger partial charge < -0.3 is 19.9 Å². The van der Waals surface area contributed by atoms with Crippen LogP contribution in [0.4, 0.5) is 8.78 Å². The molecule has 1 amide bonds. The van der Waals surface area contributed by atoms with Crippen molar-refractivity contribution in [2.75, 3.05) is 13.7 Å². The number of rotatable bonds is 9. The summed E-state index contributed by atoms with van der Waals surface area (Å²) in [6.45, 7) is -1.67. The van der Waals surface area contributed by atoms with Crippen molar-refractivity contribution in [3.05, 3.63) is 59.9 Å². The van der Waals surface area contributed by atoms with Crippen molar-refractivity contribution < 1.29 is 32.6 Å². The Bertz CT molecular complexity index is 1160. The highest BCUT2D eigenvalue weighted by Gasteiger charge is 2.23. The second-order valence-electron chi connectivity index (χ2n) is 6.68. The molecule has 2 N–H and O–H groups in total. The molecule has 32 heavy (non-hydrogen) atoms. The molecule has 1 atom stereocenters. The molecular weight excluding hydrogens is 424 g/mol. The average Bonchev–Trinajstić information content (AvgIpc) is 3.16. The highest BCUT2D eigenvalue weighted by Crippen LogP contribution is 2.30. The van der Waals surface area contributed by atoms with E-state index in [-0.39, 0.29) is 17.9 Å². The van der Waals surface area contributed by atoms with E-state index < -0.39 is 24.5 Å². The van der Waals surface area contributed by atoms with Crippen LogP contribution in [-0.2, 0) is 14.3 Å². The number of methoxy groups -OCH3 is 1. The number of nitrogens with two attached hydrogens (primary N) is 1. The van der Waals surface area contributed by atoms with Crippen LogP contribution < -0.4 is 15.2 Å². The van der Waals surface area contributed by atoms with Crippen LogP contribution in [0.25, 0.3) is 17.1 Å². The lowest BCUT2D eigenvalue weighted by atomic mass is 10.2. The fourth-order valence-electron chi connectivity index (χ4n) is 3.04. The zero-order chi connectivity index (χ0) is 23.3. The molecule has 1 unspecified atom stereocenters. The minimum absolute atomic E-state index is 0.0550. The van der Waals surface area contributed by atoms with Gasteiger partial charge in [0.15, 0.2) is 30.0 Å². The van der Waals surface area contributed by atoms with Gasteiger partial charge in [-0.3, -0.25) is 9.36 Å². The van der Waals surface area contributed by atoms with Crippen molar-refractivity contribution in [3.8, 4) is 11.5 Å². The Kier molecular flexibility index (Phi) is 7.04. The van der Waals surface area contributed by atoms with Gasteiger partial charge in [-0.15, -0.1) is 0 Å². The Labute approximate surface area is 182 Å². The average molecular weight is 445 g/mol. The molecule has 0 radical (unpaired) electrons. The maximum absolute atomic E-state index is 13.6. The number of alkyl halides is 2. The predicted molar refractivity (Wildman–Crippen MR) is 112 cm³/mol. The molecule has 3 aromatic rings. The standard InChI is InChI=1S/C22H21F2N3O5/c1-13(21-26-15-5-3-4-6-16(15)27(21)22(23)24)32-20(29)10-8-14-7-9-17(18(11-14)30-2)31-12-19(25)28/h3-11,13,22H,12H2,1-2H3,(H2,25,28)/b10-8+. The van der Waals surface area contributed by atoms with E-state index in [1.165, 1.54) is 26.2 Å². The van der Waals surface area contributed by atoms with Crippen LogP contribution in [-0.4, -0.2) is 35.1 Å². The second kappa shape index (κ2) is 9.90. The molecule has 1 heterocycles. The minimum atomic E-state index is -2.84. The van der Waals surface area contributed by atoms with Crippen molar-refractivity contribution in [1.29, 1.82) is 0 Å². The highest BCUT2D eigenvalue weighted by molar-refractivity contribution is 5.87. The van der Waals surface area contributed by atoms with E-state index >= 15 is 0 Å². The smallest absolute Gasteiger partial charge is 0.331 e. The Morgan fingerprint density at radius 3 is 2.62 bits per heavy atom. The van der Waals surface area contributed by atoms with Crippen LogP contribution in [0.1, 0.15) is 31.0 Å². The van der Waals surface area contributed by atoms with E-state index in [2.05, 4.69) is 4.98 Å². The number of hydrogen-bond donors (Lipinski definition) is 1. The molecule has 0 saturated heterocycles. The lowest BCUT2D eigenvalue weighted by Crippen LogP contribution is -2.20. The number of ether oxygens (including phenoxy) is 3. The number of benzene rings is 2. The maximum Gasteiger partial charge on any atom is 0.331 e. The normalized spacial score (nSPS) is 12.3. The predicted octanol–water partition coefficient (Wildman–Crippen LogP) is 3.62. The van der Waals surface area contributed by atoms with Crippen LogP contribution >= 0.6 is 0 Å². The molecule has 1 aromatic heterocycles. The first-order valence-corrected chi connectivity index (χ1v) is 9.53. The maximum atomic E-state index is 13.6. The molecule has 0 bridgehead atoms. The summed E-state index contributed by atoms with van der Waals surface area (Å²) in [5.74, 6) is -0.779. The third-order valence-electron chi connectivity index (χ3n) is 4.44. The van der Waals surface area contributed by atoms with E-state index in [4.69, 9.17) is 19.9 Å². The van der Waals surface area contributed by atoms with Gasteiger partial charge in [-0.05, 0) is 42.8 Å². The lowest BCUT2D eigenvalue weighted by molar-refractivity contribution is -0.143. The van der Waals surface area contributed by atoms with E-state index in [9.17, 15) is 18.4 Å². The number of aromatic nitrogens is 2. The molecule has 0 spiro atoms. The summed E-state index contributed by atoms with van der Waals surface area (Å²) in [5, 5.41) is 0. The van der Waals surface area contributed by atoms with Crippen LogP contribution in [0.2, 0.25) is 0 Å². The fraction of sp³-hybridized carbons (Fsp3) is 0.227. The summed E-state index contributed by atoms with van der Waals surface area (Å²) >= 11 is 0. The first-order chi connectivity index (χ1) is 15.3. The number of imidazole rings is 1. The number of fused-ring (bicyclic) bond motifs is 1. The topological polar surface area (TPSA) is 106 Å². The molecule has 0 fully saturated rings. The molecule has 3 rings (SSSR count). The van der Waals surface area contributed by atoms with Gasteiger partial charge in [0.05, 0.1) is 18.1 Å². The van der Waals surface area contributed by atoms with Crippen molar-refractivity contribution in [2.24, 2.45) is 5.73 Å². The Balaban J connectivity index is 1.72. The number of amides is 1. The van der Waals surface area contributed by atoms with E-state index in [0.29, 0.717) is 22.6 Å². The summed E-state index contributed by atoms with van der Waals surface area (Å²) in [4.78, 5) is 27.3. The van der Waals surface area contributed by atoms with Gasteiger partial charge in [-0.1, -0.05) is 18.2 Å². The molecule has 2 aromatic carbocycles.